The highest BCUT2D eigenvalue weighted by atomic mass is 16.5. The molecule has 0 aliphatic carbocycles. The van der Waals surface area contributed by atoms with Gasteiger partial charge in [0.15, 0.2) is 5.96 Å². The Morgan fingerprint density at radius 2 is 2.17 bits per heavy atom. The Morgan fingerprint density at radius 1 is 1.42 bits per heavy atom. The molecule has 1 aromatic rings. The summed E-state index contributed by atoms with van der Waals surface area (Å²) in [5.41, 5.74) is -0.300. The van der Waals surface area contributed by atoms with E-state index in [2.05, 4.69) is 34.6 Å². The molecule has 7 nitrogen and oxygen atoms in total. The van der Waals surface area contributed by atoms with Crippen molar-refractivity contribution in [3.63, 3.8) is 0 Å². The van der Waals surface area contributed by atoms with Gasteiger partial charge in [-0.1, -0.05) is 13.8 Å². The molecule has 0 aliphatic rings. The minimum Gasteiger partial charge on any atom is -0.383 e. The van der Waals surface area contributed by atoms with E-state index >= 15 is 0 Å². The van der Waals surface area contributed by atoms with Crippen LogP contribution in [0.4, 0.5) is 0 Å². The second kappa shape index (κ2) is 10.3. The number of aromatic nitrogens is 2. The summed E-state index contributed by atoms with van der Waals surface area (Å²) < 4.78 is 7.26. The standard InChI is InChI=1S/C17H33N5O2/c1-6-18-16(19-8-10-24-9-7-14(2)3)20-13-17(4,23)15-11-21-22(5)12-15/h11-12,14,23H,6-10,13H2,1-5H3,(H2,18,19,20). The van der Waals surface area contributed by atoms with Gasteiger partial charge < -0.3 is 20.5 Å². The average molecular weight is 339 g/mol. The molecule has 0 saturated heterocycles. The largest absolute Gasteiger partial charge is 0.383 e. The van der Waals surface area contributed by atoms with Gasteiger partial charge in [0.25, 0.3) is 0 Å². The SMILES string of the molecule is CCNC(=NCC(C)(O)c1cnn(C)c1)NCCOCCC(C)C. The zero-order chi connectivity index (χ0) is 18.0. The fraction of sp³-hybridized carbons (Fsp3) is 0.765. The summed E-state index contributed by atoms with van der Waals surface area (Å²) in [6.07, 6.45) is 4.54. The molecule has 1 atom stereocenters. The molecule has 0 aliphatic heterocycles. The van der Waals surface area contributed by atoms with Crippen LogP contribution in [0.1, 0.15) is 39.7 Å². The van der Waals surface area contributed by atoms with Gasteiger partial charge in [-0.3, -0.25) is 4.68 Å². The van der Waals surface area contributed by atoms with Gasteiger partial charge in [0.2, 0.25) is 0 Å². The molecule has 0 fully saturated rings. The van der Waals surface area contributed by atoms with Crippen molar-refractivity contribution in [2.75, 3.05) is 32.8 Å². The summed E-state index contributed by atoms with van der Waals surface area (Å²) in [5, 5.41) is 21.1. The Hall–Kier alpha value is -1.60. The first-order chi connectivity index (χ1) is 11.3. The second-order valence-electron chi connectivity index (χ2n) is 6.59. The highest BCUT2D eigenvalue weighted by molar-refractivity contribution is 5.79. The molecule has 0 spiro atoms. The minimum atomic E-state index is -1.05. The van der Waals surface area contributed by atoms with Crippen LogP contribution in [0.2, 0.25) is 0 Å². The normalized spacial score (nSPS) is 14.7. The first-order valence-corrected chi connectivity index (χ1v) is 8.66. The molecule has 0 amide bonds. The first kappa shape index (κ1) is 20.4. The molecular weight excluding hydrogens is 306 g/mol. The highest BCUT2D eigenvalue weighted by Crippen LogP contribution is 2.19. The smallest absolute Gasteiger partial charge is 0.191 e. The third-order valence-corrected chi connectivity index (χ3v) is 3.59. The van der Waals surface area contributed by atoms with Gasteiger partial charge in [0.1, 0.15) is 5.60 Å². The molecule has 7 heteroatoms. The minimum absolute atomic E-state index is 0.252. The molecule has 0 radical (unpaired) electrons. The van der Waals surface area contributed by atoms with E-state index in [9.17, 15) is 5.11 Å². The van der Waals surface area contributed by atoms with Crippen molar-refractivity contribution in [2.24, 2.45) is 18.0 Å². The Balaban J connectivity index is 2.44. The van der Waals surface area contributed by atoms with E-state index < -0.39 is 5.60 Å². The van der Waals surface area contributed by atoms with E-state index in [1.807, 2.05) is 14.0 Å². The third kappa shape index (κ3) is 7.79. The van der Waals surface area contributed by atoms with E-state index in [4.69, 9.17) is 4.74 Å². The molecule has 1 unspecified atom stereocenters. The lowest BCUT2D eigenvalue weighted by molar-refractivity contribution is 0.0671. The second-order valence-corrected chi connectivity index (χ2v) is 6.59. The van der Waals surface area contributed by atoms with Gasteiger partial charge in [-0.2, -0.15) is 5.10 Å². The lowest BCUT2D eigenvalue weighted by atomic mass is 10.0. The topological polar surface area (TPSA) is 83.7 Å². The predicted molar refractivity (Wildman–Crippen MR) is 97.0 cm³/mol. The Morgan fingerprint density at radius 3 is 2.75 bits per heavy atom. The van der Waals surface area contributed by atoms with Crippen LogP contribution >= 0.6 is 0 Å². The van der Waals surface area contributed by atoms with Gasteiger partial charge >= 0.3 is 0 Å². The summed E-state index contributed by atoms with van der Waals surface area (Å²) in [7, 11) is 1.83. The van der Waals surface area contributed by atoms with Crippen molar-refractivity contribution < 1.29 is 9.84 Å². The zero-order valence-electron chi connectivity index (χ0n) is 15.7. The number of nitrogens with one attached hydrogen (secondary N) is 2. The number of nitrogens with zero attached hydrogens (tertiary/aromatic N) is 3. The molecule has 3 N–H and O–H groups in total. The number of aliphatic imine (C=N–C) groups is 1. The lowest BCUT2D eigenvalue weighted by Gasteiger charge is -2.20. The van der Waals surface area contributed by atoms with Crippen molar-refractivity contribution in [1.29, 1.82) is 0 Å². The highest BCUT2D eigenvalue weighted by Gasteiger charge is 2.24. The predicted octanol–water partition coefficient (Wildman–Crippen LogP) is 1.25. The summed E-state index contributed by atoms with van der Waals surface area (Å²) in [4.78, 5) is 4.47. The van der Waals surface area contributed by atoms with E-state index in [0.29, 0.717) is 25.0 Å². The monoisotopic (exact) mass is 339 g/mol. The van der Waals surface area contributed by atoms with Crippen LogP contribution in [0.25, 0.3) is 0 Å². The maximum absolute atomic E-state index is 10.6. The van der Waals surface area contributed by atoms with Gasteiger partial charge in [-0.25, -0.2) is 4.99 Å². The van der Waals surface area contributed by atoms with Crippen molar-refractivity contribution in [3.8, 4) is 0 Å². The van der Waals surface area contributed by atoms with Crippen molar-refractivity contribution >= 4 is 5.96 Å². The summed E-state index contributed by atoms with van der Waals surface area (Å²) in [6, 6.07) is 0. The van der Waals surface area contributed by atoms with Crippen molar-refractivity contribution in [2.45, 2.75) is 39.7 Å². The molecular formula is C17H33N5O2. The van der Waals surface area contributed by atoms with Crippen LogP contribution in [0.3, 0.4) is 0 Å². The number of guanidine groups is 1. The van der Waals surface area contributed by atoms with Crippen LogP contribution in [-0.4, -0.2) is 53.7 Å². The zero-order valence-corrected chi connectivity index (χ0v) is 15.7. The van der Waals surface area contributed by atoms with Crippen molar-refractivity contribution in [1.82, 2.24) is 20.4 Å². The van der Waals surface area contributed by atoms with Crippen molar-refractivity contribution in [3.05, 3.63) is 18.0 Å². The quantitative estimate of drug-likeness (QED) is 0.339. The Kier molecular flexibility index (Phi) is 8.78. The molecule has 0 aromatic carbocycles. The lowest BCUT2D eigenvalue weighted by Crippen LogP contribution is -2.40. The van der Waals surface area contributed by atoms with E-state index in [0.717, 1.165) is 25.1 Å². The van der Waals surface area contributed by atoms with Gasteiger partial charge in [0, 0.05) is 38.5 Å². The molecule has 0 bridgehead atoms. The number of rotatable bonds is 10. The molecule has 138 valence electrons. The van der Waals surface area contributed by atoms with Crippen LogP contribution in [0.15, 0.2) is 17.4 Å². The fourth-order valence-electron chi connectivity index (χ4n) is 2.03. The number of hydrogen-bond donors (Lipinski definition) is 3. The number of ether oxygens (including phenoxy) is 1. The van der Waals surface area contributed by atoms with E-state index in [-0.39, 0.29) is 6.54 Å². The molecule has 1 heterocycles. The number of aryl methyl sites for hydroxylation is 1. The van der Waals surface area contributed by atoms with Gasteiger partial charge in [-0.05, 0) is 26.2 Å². The summed E-state index contributed by atoms with van der Waals surface area (Å²) in [6.45, 7) is 11.2. The van der Waals surface area contributed by atoms with Crippen LogP contribution in [-0.2, 0) is 17.4 Å². The maximum atomic E-state index is 10.6. The maximum Gasteiger partial charge on any atom is 0.191 e. The summed E-state index contributed by atoms with van der Waals surface area (Å²) in [5.74, 6) is 1.33. The van der Waals surface area contributed by atoms with Crippen LogP contribution in [0.5, 0.6) is 0 Å². The molecule has 1 rings (SSSR count). The molecule has 1 aromatic heterocycles. The first-order valence-electron chi connectivity index (χ1n) is 8.66. The Labute approximate surface area is 145 Å². The number of hydrogen-bond acceptors (Lipinski definition) is 4. The van der Waals surface area contributed by atoms with E-state index in [1.54, 1.807) is 24.0 Å². The molecule has 0 saturated carbocycles. The van der Waals surface area contributed by atoms with Gasteiger partial charge in [0.05, 0.1) is 19.3 Å². The fourth-order valence-corrected chi connectivity index (χ4v) is 2.03. The van der Waals surface area contributed by atoms with E-state index in [1.165, 1.54) is 0 Å². The molecule has 24 heavy (non-hydrogen) atoms. The summed E-state index contributed by atoms with van der Waals surface area (Å²) >= 11 is 0. The van der Waals surface area contributed by atoms with Gasteiger partial charge in [-0.15, -0.1) is 0 Å². The van der Waals surface area contributed by atoms with Crippen LogP contribution in [0, 0.1) is 5.92 Å². The number of aliphatic hydroxyl groups is 1. The Bertz CT molecular complexity index is 497. The van der Waals surface area contributed by atoms with Crippen LogP contribution < -0.4 is 10.6 Å². The average Bonchev–Trinajstić information content (AvgIpc) is 2.95. The third-order valence-electron chi connectivity index (χ3n) is 3.59.